The Labute approximate surface area is 156 Å². The van der Waals surface area contributed by atoms with E-state index in [4.69, 9.17) is 0 Å². The van der Waals surface area contributed by atoms with Gasteiger partial charge in [0.15, 0.2) is 0 Å². The van der Waals surface area contributed by atoms with Crippen LogP contribution in [0.25, 0.3) is 10.8 Å². The lowest BCUT2D eigenvalue weighted by Gasteiger charge is -2.29. The van der Waals surface area contributed by atoms with Gasteiger partial charge in [0.25, 0.3) is 5.56 Å². The number of piperidine rings is 1. The van der Waals surface area contributed by atoms with Gasteiger partial charge >= 0.3 is 0 Å². The molecule has 2 N–H and O–H groups in total. The monoisotopic (exact) mass is 376 g/mol. The summed E-state index contributed by atoms with van der Waals surface area (Å²) in [6.07, 6.45) is 2.27. The third-order valence-corrected chi connectivity index (χ3v) is 4.94. The highest BCUT2D eigenvalue weighted by molar-refractivity contribution is 5.99. The Morgan fingerprint density at radius 1 is 1.04 bits per heavy atom. The standard InChI is InChI=1S/C18H20N4O3.ClH/c23-16-4-3-15(17(24)20-16)22-8-5-12-11-13(1-2-14(12)18(22)25)21-9-6-19-7-10-21;/h1-2,5,8,11,15,19H,3-4,6-7,9-10H2,(H,20,23,24);1H. The van der Waals surface area contributed by atoms with Crippen molar-refractivity contribution in [2.45, 2.75) is 18.9 Å². The minimum atomic E-state index is -0.623. The van der Waals surface area contributed by atoms with Crippen LogP contribution < -0.4 is 21.1 Å². The number of rotatable bonds is 2. The number of hydrogen-bond acceptors (Lipinski definition) is 5. The molecule has 4 rings (SSSR count). The van der Waals surface area contributed by atoms with Crippen molar-refractivity contribution in [1.82, 2.24) is 15.2 Å². The average Bonchev–Trinajstić information content (AvgIpc) is 2.63. The molecular formula is C18H21ClN4O3. The first-order valence-corrected chi connectivity index (χ1v) is 8.58. The van der Waals surface area contributed by atoms with E-state index < -0.39 is 11.9 Å². The van der Waals surface area contributed by atoms with Crippen LogP contribution in [0.2, 0.25) is 0 Å². The Kier molecular flexibility index (Phi) is 5.29. The van der Waals surface area contributed by atoms with Crippen molar-refractivity contribution in [1.29, 1.82) is 0 Å². The molecule has 3 heterocycles. The minimum absolute atomic E-state index is 0. The molecule has 2 fully saturated rings. The highest BCUT2D eigenvalue weighted by Crippen LogP contribution is 2.23. The molecule has 1 atom stereocenters. The van der Waals surface area contributed by atoms with Gasteiger partial charge in [0.1, 0.15) is 6.04 Å². The van der Waals surface area contributed by atoms with E-state index in [-0.39, 0.29) is 30.3 Å². The first kappa shape index (κ1) is 18.4. The first-order valence-electron chi connectivity index (χ1n) is 8.58. The number of fused-ring (bicyclic) bond motifs is 1. The number of nitrogens with zero attached hydrogens (tertiary/aromatic N) is 2. The van der Waals surface area contributed by atoms with Crippen LogP contribution in [0.15, 0.2) is 35.3 Å². The van der Waals surface area contributed by atoms with Gasteiger partial charge in [-0.05, 0) is 36.1 Å². The summed E-state index contributed by atoms with van der Waals surface area (Å²) in [7, 11) is 0. The number of hydrogen-bond donors (Lipinski definition) is 2. The van der Waals surface area contributed by atoms with Gasteiger partial charge in [0, 0.05) is 49.9 Å². The van der Waals surface area contributed by atoms with Gasteiger partial charge in [-0.25, -0.2) is 0 Å². The molecule has 1 aromatic carbocycles. The van der Waals surface area contributed by atoms with E-state index in [0.717, 1.165) is 37.3 Å². The zero-order valence-electron chi connectivity index (χ0n) is 14.2. The Morgan fingerprint density at radius 2 is 1.81 bits per heavy atom. The zero-order chi connectivity index (χ0) is 17.4. The second-order valence-corrected chi connectivity index (χ2v) is 6.50. The number of amides is 2. The zero-order valence-corrected chi connectivity index (χ0v) is 15.1. The lowest BCUT2D eigenvalue weighted by Crippen LogP contribution is -2.44. The fourth-order valence-electron chi connectivity index (χ4n) is 3.56. The molecule has 1 aromatic heterocycles. The van der Waals surface area contributed by atoms with Gasteiger partial charge in [-0.15, -0.1) is 12.4 Å². The van der Waals surface area contributed by atoms with Gasteiger partial charge in [0.05, 0.1) is 0 Å². The largest absolute Gasteiger partial charge is 0.369 e. The van der Waals surface area contributed by atoms with E-state index in [2.05, 4.69) is 15.5 Å². The highest BCUT2D eigenvalue weighted by atomic mass is 35.5. The number of pyridine rings is 1. The first-order chi connectivity index (χ1) is 12.1. The maximum Gasteiger partial charge on any atom is 0.259 e. The van der Waals surface area contributed by atoms with Crippen molar-refractivity contribution in [3.05, 3.63) is 40.8 Å². The Morgan fingerprint density at radius 3 is 2.54 bits per heavy atom. The number of nitrogens with one attached hydrogen (secondary N) is 2. The van der Waals surface area contributed by atoms with E-state index in [1.807, 2.05) is 24.3 Å². The fraction of sp³-hybridized carbons (Fsp3) is 0.389. The quantitative estimate of drug-likeness (QED) is 0.758. The number of halogens is 1. The Bertz CT molecular complexity index is 905. The van der Waals surface area contributed by atoms with Gasteiger partial charge in [-0.1, -0.05) is 0 Å². The van der Waals surface area contributed by atoms with E-state index >= 15 is 0 Å². The van der Waals surface area contributed by atoms with Crippen molar-refractivity contribution >= 4 is 40.7 Å². The third kappa shape index (κ3) is 3.32. The molecule has 8 heteroatoms. The number of benzene rings is 1. The number of carbonyl (C=O) groups is 2. The molecule has 26 heavy (non-hydrogen) atoms. The van der Waals surface area contributed by atoms with Crippen LogP contribution in [0.5, 0.6) is 0 Å². The summed E-state index contributed by atoms with van der Waals surface area (Å²) >= 11 is 0. The van der Waals surface area contributed by atoms with Gasteiger partial charge in [-0.3, -0.25) is 19.7 Å². The molecule has 2 amide bonds. The van der Waals surface area contributed by atoms with Crippen molar-refractivity contribution in [3.63, 3.8) is 0 Å². The predicted molar refractivity (Wildman–Crippen MR) is 102 cm³/mol. The summed E-state index contributed by atoms with van der Waals surface area (Å²) in [5, 5.41) is 7.08. The van der Waals surface area contributed by atoms with Crippen LogP contribution >= 0.6 is 12.4 Å². The van der Waals surface area contributed by atoms with E-state index in [1.54, 1.807) is 6.20 Å². The molecular weight excluding hydrogens is 356 g/mol. The molecule has 2 aromatic rings. The molecule has 1 unspecified atom stereocenters. The molecule has 0 aliphatic carbocycles. The molecule has 0 saturated carbocycles. The van der Waals surface area contributed by atoms with Crippen molar-refractivity contribution < 1.29 is 9.59 Å². The van der Waals surface area contributed by atoms with Crippen LogP contribution in [-0.2, 0) is 9.59 Å². The fourth-order valence-corrected chi connectivity index (χ4v) is 3.56. The molecule has 2 aliphatic heterocycles. The number of piperazine rings is 1. The van der Waals surface area contributed by atoms with E-state index in [1.165, 1.54) is 4.57 Å². The molecule has 138 valence electrons. The average molecular weight is 377 g/mol. The smallest absolute Gasteiger partial charge is 0.259 e. The summed E-state index contributed by atoms with van der Waals surface area (Å²) in [5.74, 6) is -0.689. The Balaban J connectivity index is 0.00000196. The number of imide groups is 1. The highest BCUT2D eigenvalue weighted by Gasteiger charge is 2.28. The Hall–Kier alpha value is -2.38. The van der Waals surface area contributed by atoms with Gasteiger partial charge in [-0.2, -0.15) is 0 Å². The van der Waals surface area contributed by atoms with Crippen molar-refractivity contribution in [3.8, 4) is 0 Å². The van der Waals surface area contributed by atoms with Crippen LogP contribution in [0.1, 0.15) is 18.9 Å². The van der Waals surface area contributed by atoms with E-state index in [9.17, 15) is 14.4 Å². The maximum absolute atomic E-state index is 12.8. The van der Waals surface area contributed by atoms with Gasteiger partial charge in [0.2, 0.25) is 11.8 Å². The summed E-state index contributed by atoms with van der Waals surface area (Å²) in [4.78, 5) is 38.5. The summed E-state index contributed by atoms with van der Waals surface area (Å²) < 4.78 is 1.44. The third-order valence-electron chi connectivity index (χ3n) is 4.94. The maximum atomic E-state index is 12.8. The molecule has 7 nitrogen and oxygen atoms in total. The van der Waals surface area contributed by atoms with Gasteiger partial charge < -0.3 is 14.8 Å². The van der Waals surface area contributed by atoms with Crippen LogP contribution in [0.4, 0.5) is 5.69 Å². The van der Waals surface area contributed by atoms with Crippen molar-refractivity contribution in [2.75, 3.05) is 31.1 Å². The van der Waals surface area contributed by atoms with Crippen LogP contribution in [-0.4, -0.2) is 42.6 Å². The summed E-state index contributed by atoms with van der Waals surface area (Å²) in [5.41, 5.74) is 0.908. The number of anilines is 1. The minimum Gasteiger partial charge on any atom is -0.369 e. The molecule has 0 spiro atoms. The predicted octanol–water partition coefficient (Wildman–Crippen LogP) is 0.811. The topological polar surface area (TPSA) is 83.4 Å². The normalized spacial score (nSPS) is 20.6. The second kappa shape index (κ2) is 7.47. The molecule has 0 radical (unpaired) electrons. The molecule has 2 saturated heterocycles. The molecule has 0 bridgehead atoms. The lowest BCUT2D eigenvalue weighted by molar-refractivity contribution is -0.135. The van der Waals surface area contributed by atoms with Crippen LogP contribution in [0.3, 0.4) is 0 Å². The van der Waals surface area contributed by atoms with Crippen LogP contribution in [0, 0.1) is 0 Å². The van der Waals surface area contributed by atoms with Crippen molar-refractivity contribution in [2.24, 2.45) is 0 Å². The number of carbonyl (C=O) groups excluding carboxylic acids is 2. The summed E-state index contributed by atoms with van der Waals surface area (Å²) in [6.45, 7) is 3.79. The molecule has 2 aliphatic rings. The van der Waals surface area contributed by atoms with E-state index in [0.29, 0.717) is 11.8 Å². The summed E-state index contributed by atoms with van der Waals surface area (Å²) in [6, 6.07) is 7.06. The second-order valence-electron chi connectivity index (χ2n) is 6.50. The number of aromatic nitrogens is 1. The lowest BCUT2D eigenvalue weighted by atomic mass is 10.0. The SMILES string of the molecule is Cl.O=C1CCC(n2ccc3cc(N4CCNCC4)ccc3c2=O)C(=O)N1.